The van der Waals surface area contributed by atoms with E-state index in [1.54, 1.807) is 30.3 Å². The Hall–Kier alpha value is -3.44. The second-order valence-corrected chi connectivity index (χ2v) is 6.17. The molecule has 0 bridgehead atoms. The Bertz CT molecular complexity index is 1150. The van der Waals surface area contributed by atoms with E-state index in [2.05, 4.69) is 0 Å². The predicted molar refractivity (Wildman–Crippen MR) is 112 cm³/mol. The molecule has 4 aromatic rings. The number of hydrogen-bond acceptors (Lipinski definition) is 5. The molecule has 0 saturated heterocycles. The van der Waals surface area contributed by atoms with Gasteiger partial charge in [-0.3, -0.25) is 4.79 Å². The molecular weight excluding hydrogens is 378 g/mol. The highest BCUT2D eigenvalue weighted by Gasteiger charge is 2.18. The number of nitrogens with two attached hydrogens (primary N) is 1. The summed E-state index contributed by atoms with van der Waals surface area (Å²) in [6, 6.07) is 20.9. The van der Waals surface area contributed by atoms with Crippen LogP contribution in [0.3, 0.4) is 0 Å². The number of phenolic OH excluding ortho intramolecular Hbond substituents is 1. The number of fused-ring (bicyclic) bond motifs is 1. The highest BCUT2D eigenvalue weighted by molar-refractivity contribution is 5.85. The van der Waals surface area contributed by atoms with E-state index in [4.69, 9.17) is 14.9 Å². The van der Waals surface area contributed by atoms with Gasteiger partial charge in [-0.05, 0) is 48.0 Å². The molecule has 0 atom stereocenters. The molecule has 3 aromatic carbocycles. The summed E-state index contributed by atoms with van der Waals surface area (Å²) in [5.74, 6) is 0.553. The van der Waals surface area contributed by atoms with Crippen LogP contribution >= 0.6 is 12.4 Å². The molecule has 6 heteroatoms. The quantitative estimate of drug-likeness (QED) is 0.487. The Balaban J connectivity index is 0.00000225. The van der Waals surface area contributed by atoms with E-state index < -0.39 is 0 Å². The lowest BCUT2D eigenvalue weighted by atomic mass is 10.1. The van der Waals surface area contributed by atoms with Crippen LogP contribution in [0.2, 0.25) is 0 Å². The Morgan fingerprint density at radius 1 is 0.964 bits per heavy atom. The number of ether oxygens (including phenoxy) is 1. The normalized spacial score (nSPS) is 10.4. The van der Waals surface area contributed by atoms with Gasteiger partial charge in [0.15, 0.2) is 5.76 Å². The smallest absolute Gasteiger partial charge is 0.235 e. The molecule has 0 unspecified atom stereocenters. The van der Waals surface area contributed by atoms with Gasteiger partial charge in [-0.1, -0.05) is 30.3 Å². The van der Waals surface area contributed by atoms with Crippen molar-refractivity contribution in [2.45, 2.75) is 6.61 Å². The van der Waals surface area contributed by atoms with Crippen LogP contribution in [0.25, 0.3) is 22.3 Å². The van der Waals surface area contributed by atoms with Gasteiger partial charge in [0.05, 0.1) is 5.39 Å². The first-order valence-electron chi connectivity index (χ1n) is 8.44. The average molecular weight is 396 g/mol. The average Bonchev–Trinajstić information content (AvgIpc) is 2.69. The molecule has 28 heavy (non-hydrogen) atoms. The second kappa shape index (κ2) is 8.06. The van der Waals surface area contributed by atoms with Crippen LogP contribution in [0.5, 0.6) is 11.5 Å². The number of hydrogen-bond donors (Lipinski definition) is 2. The lowest BCUT2D eigenvalue weighted by Gasteiger charge is -2.12. The van der Waals surface area contributed by atoms with Crippen LogP contribution in [-0.4, -0.2) is 5.11 Å². The number of rotatable bonds is 4. The van der Waals surface area contributed by atoms with Crippen molar-refractivity contribution in [3.05, 3.63) is 88.6 Å². The summed E-state index contributed by atoms with van der Waals surface area (Å²) in [6.07, 6.45) is 0. The fourth-order valence-electron chi connectivity index (χ4n) is 2.86. The Morgan fingerprint density at radius 2 is 1.68 bits per heavy atom. The monoisotopic (exact) mass is 395 g/mol. The Kier molecular flexibility index (Phi) is 5.57. The zero-order valence-corrected chi connectivity index (χ0v) is 15.6. The van der Waals surface area contributed by atoms with Gasteiger partial charge in [-0.2, -0.15) is 0 Å². The van der Waals surface area contributed by atoms with Gasteiger partial charge in [0.2, 0.25) is 11.2 Å². The number of aromatic hydroxyl groups is 1. The molecule has 0 fully saturated rings. The van der Waals surface area contributed by atoms with Crippen molar-refractivity contribution < 1.29 is 14.3 Å². The standard InChI is InChI=1S/C22H17NO4.ClH/c23-16-8-11-19-18(12-16)20(25)22(26-13-14-4-2-1-3-5-14)21(27-19)15-6-9-17(24)10-7-15;/h1-12,24H,13,23H2;1H. The summed E-state index contributed by atoms with van der Waals surface area (Å²) in [6.45, 7) is 0.227. The molecule has 0 aliphatic carbocycles. The van der Waals surface area contributed by atoms with Crippen molar-refractivity contribution in [2.75, 3.05) is 5.73 Å². The van der Waals surface area contributed by atoms with Crippen molar-refractivity contribution >= 4 is 29.1 Å². The van der Waals surface area contributed by atoms with Crippen LogP contribution in [0.4, 0.5) is 5.69 Å². The lowest BCUT2D eigenvalue weighted by molar-refractivity contribution is 0.298. The van der Waals surface area contributed by atoms with E-state index in [1.807, 2.05) is 30.3 Å². The minimum Gasteiger partial charge on any atom is -0.508 e. The first-order chi connectivity index (χ1) is 13.1. The fourth-order valence-corrected chi connectivity index (χ4v) is 2.86. The fraction of sp³-hybridized carbons (Fsp3) is 0.0455. The summed E-state index contributed by atoms with van der Waals surface area (Å²) in [4.78, 5) is 13.1. The Morgan fingerprint density at radius 3 is 2.39 bits per heavy atom. The zero-order chi connectivity index (χ0) is 18.8. The van der Waals surface area contributed by atoms with E-state index in [0.717, 1.165) is 5.56 Å². The number of halogens is 1. The summed E-state index contributed by atoms with van der Waals surface area (Å²) >= 11 is 0. The molecule has 0 saturated carbocycles. The van der Waals surface area contributed by atoms with Crippen LogP contribution in [-0.2, 0) is 6.61 Å². The van der Waals surface area contributed by atoms with E-state index in [9.17, 15) is 9.90 Å². The molecule has 142 valence electrons. The third kappa shape index (κ3) is 3.80. The Labute approximate surface area is 167 Å². The largest absolute Gasteiger partial charge is 0.508 e. The number of nitrogen functional groups attached to an aromatic ring is 1. The third-order valence-corrected chi connectivity index (χ3v) is 4.23. The van der Waals surface area contributed by atoms with Crippen molar-refractivity contribution in [3.8, 4) is 22.8 Å². The predicted octanol–water partition coefficient (Wildman–Crippen LogP) is 4.75. The van der Waals surface area contributed by atoms with Crippen LogP contribution in [0, 0.1) is 0 Å². The first kappa shape index (κ1) is 19.3. The summed E-state index contributed by atoms with van der Waals surface area (Å²) < 4.78 is 11.9. The van der Waals surface area contributed by atoms with Gasteiger partial charge in [-0.15, -0.1) is 12.4 Å². The molecule has 0 amide bonds. The maximum absolute atomic E-state index is 13.1. The van der Waals surface area contributed by atoms with Crippen molar-refractivity contribution in [1.82, 2.24) is 0 Å². The highest BCUT2D eigenvalue weighted by Crippen LogP contribution is 2.32. The molecule has 0 radical (unpaired) electrons. The maximum Gasteiger partial charge on any atom is 0.235 e. The van der Waals surface area contributed by atoms with E-state index in [1.165, 1.54) is 12.1 Å². The van der Waals surface area contributed by atoms with Crippen LogP contribution < -0.4 is 15.9 Å². The number of anilines is 1. The molecule has 1 heterocycles. The number of phenols is 1. The highest BCUT2D eigenvalue weighted by atomic mass is 35.5. The third-order valence-electron chi connectivity index (χ3n) is 4.23. The van der Waals surface area contributed by atoms with E-state index >= 15 is 0 Å². The van der Waals surface area contributed by atoms with Crippen molar-refractivity contribution in [2.24, 2.45) is 0 Å². The second-order valence-electron chi connectivity index (χ2n) is 6.17. The molecular formula is C22H18ClNO4. The van der Waals surface area contributed by atoms with Crippen molar-refractivity contribution in [1.29, 1.82) is 0 Å². The molecule has 5 nitrogen and oxygen atoms in total. The SMILES string of the molecule is Cl.Nc1ccc2oc(-c3ccc(O)cc3)c(OCc3ccccc3)c(=O)c2c1. The lowest BCUT2D eigenvalue weighted by Crippen LogP contribution is -2.10. The number of benzene rings is 3. The minimum atomic E-state index is -0.289. The molecule has 0 aliphatic heterocycles. The summed E-state index contributed by atoms with van der Waals surface area (Å²) in [5.41, 5.74) is 7.99. The van der Waals surface area contributed by atoms with Crippen LogP contribution in [0.15, 0.2) is 82.0 Å². The molecule has 3 N–H and O–H groups in total. The molecule has 0 aliphatic rings. The molecule has 0 spiro atoms. The van der Waals surface area contributed by atoms with Gasteiger partial charge in [0.25, 0.3) is 0 Å². The van der Waals surface area contributed by atoms with Gasteiger partial charge in [-0.25, -0.2) is 0 Å². The summed E-state index contributed by atoms with van der Waals surface area (Å²) in [7, 11) is 0. The maximum atomic E-state index is 13.1. The first-order valence-corrected chi connectivity index (χ1v) is 8.44. The minimum absolute atomic E-state index is 0. The van der Waals surface area contributed by atoms with E-state index in [-0.39, 0.29) is 35.9 Å². The van der Waals surface area contributed by atoms with Crippen LogP contribution in [0.1, 0.15) is 5.56 Å². The van der Waals surface area contributed by atoms with E-state index in [0.29, 0.717) is 28.0 Å². The topological polar surface area (TPSA) is 85.7 Å². The molecule has 1 aromatic heterocycles. The summed E-state index contributed by atoms with van der Waals surface area (Å²) in [5, 5.41) is 9.91. The van der Waals surface area contributed by atoms with Gasteiger partial charge < -0.3 is 20.0 Å². The van der Waals surface area contributed by atoms with Gasteiger partial charge >= 0.3 is 0 Å². The van der Waals surface area contributed by atoms with Gasteiger partial charge in [0.1, 0.15) is 17.9 Å². The van der Waals surface area contributed by atoms with Crippen molar-refractivity contribution in [3.63, 3.8) is 0 Å². The van der Waals surface area contributed by atoms with Gasteiger partial charge in [0, 0.05) is 11.3 Å². The zero-order valence-electron chi connectivity index (χ0n) is 14.8. The molecule has 4 rings (SSSR count).